The van der Waals surface area contributed by atoms with Gasteiger partial charge in [0.25, 0.3) is 0 Å². The van der Waals surface area contributed by atoms with Crippen LogP contribution in [-0.4, -0.2) is 10.8 Å². The van der Waals surface area contributed by atoms with Gasteiger partial charge in [0.1, 0.15) is 0 Å². The number of hydrogen-bond donors (Lipinski definition) is 1. The number of benzene rings is 3. The standard InChI is InChI=1S/C21H11Cl2NO2/c22-12-1-3-14-10(6-12)5-11-7-17-19(9-16(11)20(14)25)24-18-8-13(23)2-4-15(18)21(17)26/h1-4,6-9H,5H2,(H,24,26). The number of ketones is 1. The summed E-state index contributed by atoms with van der Waals surface area (Å²) in [5.74, 6) is -0.0492. The van der Waals surface area contributed by atoms with Crippen LogP contribution in [0.5, 0.6) is 0 Å². The van der Waals surface area contributed by atoms with E-state index in [2.05, 4.69) is 4.98 Å². The van der Waals surface area contributed by atoms with Crippen molar-refractivity contribution in [3.8, 4) is 0 Å². The summed E-state index contributed by atoms with van der Waals surface area (Å²) in [5.41, 5.74) is 4.23. The number of fused-ring (bicyclic) bond motifs is 4. The Balaban J connectivity index is 1.82. The minimum Gasteiger partial charge on any atom is -0.354 e. The summed E-state index contributed by atoms with van der Waals surface area (Å²) in [6.07, 6.45) is 0.574. The van der Waals surface area contributed by atoms with Gasteiger partial charge in [0.05, 0.1) is 11.0 Å². The van der Waals surface area contributed by atoms with Crippen LogP contribution in [0, 0.1) is 0 Å². The third-order valence-corrected chi connectivity index (χ3v) is 5.39. The van der Waals surface area contributed by atoms with Crippen molar-refractivity contribution in [2.75, 3.05) is 0 Å². The zero-order valence-electron chi connectivity index (χ0n) is 13.4. The quantitative estimate of drug-likeness (QED) is 0.379. The Morgan fingerprint density at radius 1 is 0.731 bits per heavy atom. The van der Waals surface area contributed by atoms with Crippen LogP contribution in [-0.2, 0) is 6.42 Å². The maximum absolute atomic E-state index is 12.9. The Hall–Kier alpha value is -2.62. The number of carbonyl (C=O) groups excluding carboxylic acids is 1. The van der Waals surface area contributed by atoms with E-state index in [0.717, 1.165) is 11.1 Å². The number of H-pyrrole nitrogens is 1. The molecule has 5 heteroatoms. The lowest BCUT2D eigenvalue weighted by Crippen LogP contribution is -2.16. The van der Waals surface area contributed by atoms with Crippen molar-refractivity contribution in [2.24, 2.45) is 0 Å². The molecule has 1 aromatic heterocycles. The molecule has 0 unspecified atom stereocenters. The highest BCUT2D eigenvalue weighted by atomic mass is 35.5. The van der Waals surface area contributed by atoms with Crippen LogP contribution in [0.15, 0.2) is 53.3 Å². The molecular formula is C21H11Cl2NO2. The lowest BCUT2D eigenvalue weighted by atomic mass is 9.84. The molecule has 0 amide bonds. The molecule has 3 nitrogen and oxygen atoms in total. The second-order valence-corrected chi connectivity index (χ2v) is 7.38. The summed E-state index contributed by atoms with van der Waals surface area (Å²) in [6, 6.07) is 14.0. The second-order valence-electron chi connectivity index (χ2n) is 6.51. The van der Waals surface area contributed by atoms with Gasteiger partial charge in [0, 0.05) is 31.9 Å². The summed E-state index contributed by atoms with van der Waals surface area (Å²) >= 11 is 12.1. The van der Waals surface area contributed by atoms with Gasteiger partial charge in [-0.05, 0) is 66.1 Å². The Labute approximate surface area is 158 Å². The van der Waals surface area contributed by atoms with Gasteiger partial charge in [-0.3, -0.25) is 9.59 Å². The number of halogens is 2. The summed E-state index contributed by atoms with van der Waals surface area (Å²) in [5, 5.41) is 2.29. The molecular weight excluding hydrogens is 369 g/mol. The molecule has 0 saturated heterocycles. The van der Waals surface area contributed by atoms with E-state index in [1.54, 1.807) is 36.4 Å². The van der Waals surface area contributed by atoms with Crippen molar-refractivity contribution in [3.05, 3.63) is 91.1 Å². The Bertz CT molecular complexity index is 1320. The van der Waals surface area contributed by atoms with Crippen molar-refractivity contribution in [1.82, 2.24) is 4.98 Å². The molecule has 0 radical (unpaired) electrons. The first-order valence-electron chi connectivity index (χ1n) is 8.12. The van der Waals surface area contributed by atoms with Crippen LogP contribution >= 0.6 is 23.2 Å². The predicted octanol–water partition coefficient (Wildman–Crippen LogP) is 5.12. The SMILES string of the molecule is O=C1c2ccc(Cl)cc2Cc2cc3c(=O)c4ccc(Cl)cc4[nH]c3cc21. The molecule has 0 bridgehead atoms. The Morgan fingerprint density at radius 3 is 2.27 bits per heavy atom. The van der Waals surface area contributed by atoms with Crippen molar-refractivity contribution < 1.29 is 4.79 Å². The first-order chi connectivity index (χ1) is 12.5. The predicted molar refractivity (Wildman–Crippen MR) is 105 cm³/mol. The largest absolute Gasteiger partial charge is 0.354 e. The molecule has 0 saturated carbocycles. The fraction of sp³-hybridized carbons (Fsp3) is 0.0476. The van der Waals surface area contributed by atoms with Crippen LogP contribution in [0.1, 0.15) is 27.0 Å². The van der Waals surface area contributed by atoms with Crippen molar-refractivity contribution in [2.45, 2.75) is 6.42 Å². The Morgan fingerprint density at radius 2 is 1.42 bits per heavy atom. The van der Waals surface area contributed by atoms with Gasteiger partial charge in [-0.15, -0.1) is 0 Å². The highest BCUT2D eigenvalue weighted by Crippen LogP contribution is 2.31. The molecule has 0 spiro atoms. The molecule has 3 aromatic carbocycles. The third kappa shape index (κ3) is 2.21. The van der Waals surface area contributed by atoms with E-state index in [1.165, 1.54) is 0 Å². The number of nitrogens with one attached hydrogen (secondary N) is 1. The van der Waals surface area contributed by atoms with Gasteiger partial charge in [-0.25, -0.2) is 0 Å². The molecule has 4 aromatic rings. The van der Waals surface area contributed by atoms with Gasteiger partial charge < -0.3 is 4.98 Å². The summed E-state index contributed by atoms with van der Waals surface area (Å²) in [4.78, 5) is 29.0. The first kappa shape index (κ1) is 15.6. The van der Waals surface area contributed by atoms with E-state index < -0.39 is 0 Å². The number of aromatic amines is 1. The molecule has 5 rings (SSSR count). The fourth-order valence-electron chi connectivity index (χ4n) is 3.68. The van der Waals surface area contributed by atoms with Crippen LogP contribution in [0.25, 0.3) is 21.8 Å². The van der Waals surface area contributed by atoms with E-state index in [4.69, 9.17) is 23.2 Å². The van der Waals surface area contributed by atoms with E-state index >= 15 is 0 Å². The number of aromatic nitrogens is 1. The number of hydrogen-bond acceptors (Lipinski definition) is 2. The van der Waals surface area contributed by atoms with E-state index in [0.29, 0.717) is 49.4 Å². The molecule has 0 aliphatic heterocycles. The van der Waals surface area contributed by atoms with E-state index in [9.17, 15) is 9.59 Å². The molecule has 1 N–H and O–H groups in total. The van der Waals surface area contributed by atoms with Gasteiger partial charge >= 0.3 is 0 Å². The van der Waals surface area contributed by atoms with Gasteiger partial charge in [0.2, 0.25) is 0 Å². The van der Waals surface area contributed by atoms with Crippen LogP contribution < -0.4 is 5.43 Å². The number of carbonyl (C=O) groups is 1. The monoisotopic (exact) mass is 379 g/mol. The molecule has 1 heterocycles. The lowest BCUT2D eigenvalue weighted by Gasteiger charge is -2.19. The molecule has 0 fully saturated rings. The van der Waals surface area contributed by atoms with E-state index in [1.807, 2.05) is 12.1 Å². The normalized spacial score (nSPS) is 13.1. The smallest absolute Gasteiger partial charge is 0.197 e. The highest BCUT2D eigenvalue weighted by molar-refractivity contribution is 6.31. The topological polar surface area (TPSA) is 49.9 Å². The minimum atomic E-state index is -0.0717. The van der Waals surface area contributed by atoms with Crippen LogP contribution in [0.4, 0.5) is 0 Å². The van der Waals surface area contributed by atoms with Gasteiger partial charge in [-0.1, -0.05) is 23.2 Å². The number of rotatable bonds is 0. The highest BCUT2D eigenvalue weighted by Gasteiger charge is 2.24. The number of pyridine rings is 1. The summed E-state index contributed by atoms with van der Waals surface area (Å²) in [6.45, 7) is 0. The summed E-state index contributed by atoms with van der Waals surface area (Å²) in [7, 11) is 0. The average Bonchev–Trinajstić information content (AvgIpc) is 2.61. The van der Waals surface area contributed by atoms with E-state index in [-0.39, 0.29) is 11.2 Å². The Kier molecular flexibility index (Phi) is 3.27. The second kappa shape index (κ2) is 5.44. The van der Waals surface area contributed by atoms with Gasteiger partial charge in [0.15, 0.2) is 11.2 Å². The van der Waals surface area contributed by atoms with Crippen LogP contribution in [0.2, 0.25) is 10.0 Å². The third-order valence-electron chi connectivity index (χ3n) is 4.92. The molecule has 126 valence electrons. The molecule has 26 heavy (non-hydrogen) atoms. The first-order valence-corrected chi connectivity index (χ1v) is 8.88. The molecule has 1 aliphatic carbocycles. The minimum absolute atomic E-state index is 0.0492. The lowest BCUT2D eigenvalue weighted by molar-refractivity contribution is 0.103. The van der Waals surface area contributed by atoms with Crippen molar-refractivity contribution in [3.63, 3.8) is 0 Å². The molecule has 0 atom stereocenters. The summed E-state index contributed by atoms with van der Waals surface area (Å²) < 4.78 is 0. The fourth-order valence-corrected chi connectivity index (χ4v) is 4.05. The van der Waals surface area contributed by atoms with Crippen molar-refractivity contribution >= 4 is 50.8 Å². The maximum atomic E-state index is 12.9. The molecule has 1 aliphatic rings. The van der Waals surface area contributed by atoms with Gasteiger partial charge in [-0.2, -0.15) is 0 Å². The maximum Gasteiger partial charge on any atom is 0.197 e. The van der Waals surface area contributed by atoms with Crippen LogP contribution in [0.3, 0.4) is 0 Å². The zero-order chi connectivity index (χ0) is 18.0. The van der Waals surface area contributed by atoms with Crippen molar-refractivity contribution in [1.29, 1.82) is 0 Å². The zero-order valence-corrected chi connectivity index (χ0v) is 14.9. The average molecular weight is 380 g/mol.